The van der Waals surface area contributed by atoms with Crippen molar-refractivity contribution in [3.63, 3.8) is 0 Å². The number of carbonyl (C=O) groups is 1. The molecule has 6 heteroatoms. The number of nitrogens with zero attached hydrogens (tertiary/aromatic N) is 2. The molecule has 2 unspecified atom stereocenters. The van der Waals surface area contributed by atoms with E-state index in [0.717, 1.165) is 64.0 Å². The number of hydrogen-bond donors (Lipinski definition) is 3. The zero-order chi connectivity index (χ0) is 33.4. The van der Waals surface area contributed by atoms with Gasteiger partial charge in [-0.15, -0.1) is 0 Å². The highest BCUT2D eigenvalue weighted by atomic mass is 16.3. The van der Waals surface area contributed by atoms with E-state index in [2.05, 4.69) is 65.2 Å². The number of unbranched alkanes of at least 4 members (excludes halogenated alkanes) is 1. The van der Waals surface area contributed by atoms with Crippen LogP contribution in [-0.4, -0.2) is 34.9 Å². The Morgan fingerprint density at radius 3 is 2.44 bits per heavy atom. The van der Waals surface area contributed by atoms with Crippen LogP contribution >= 0.6 is 0 Å². The van der Waals surface area contributed by atoms with Gasteiger partial charge in [-0.3, -0.25) is 9.79 Å². The van der Waals surface area contributed by atoms with Crippen molar-refractivity contribution in [3.05, 3.63) is 101 Å². The molecule has 4 rings (SSSR count). The van der Waals surface area contributed by atoms with Crippen LogP contribution in [0.15, 0.2) is 95.0 Å². The van der Waals surface area contributed by atoms with Gasteiger partial charge in [-0.2, -0.15) is 0 Å². The van der Waals surface area contributed by atoms with Crippen LogP contribution < -0.4 is 11.1 Å². The average molecular weight is 613 g/mol. The lowest BCUT2D eigenvalue weighted by Crippen LogP contribution is -2.39. The summed E-state index contributed by atoms with van der Waals surface area (Å²) >= 11 is 0. The first-order valence-corrected chi connectivity index (χ1v) is 16.5. The molecule has 6 nitrogen and oxygen atoms in total. The van der Waals surface area contributed by atoms with E-state index in [0.29, 0.717) is 13.0 Å². The molecule has 2 aromatic carbocycles. The van der Waals surface area contributed by atoms with E-state index in [-0.39, 0.29) is 24.3 Å². The number of nitrogens with one attached hydrogen (secondary N) is 1. The van der Waals surface area contributed by atoms with Gasteiger partial charge >= 0.3 is 0 Å². The van der Waals surface area contributed by atoms with E-state index in [1.165, 1.54) is 0 Å². The number of allylic oxidation sites excluding steroid dienone is 5. The Bertz CT molecular complexity index is 1470. The Labute approximate surface area is 271 Å². The van der Waals surface area contributed by atoms with E-state index in [9.17, 15) is 9.90 Å². The second-order valence-corrected chi connectivity index (χ2v) is 11.7. The topological polar surface area (TPSA) is 92.6 Å². The molecule has 1 heterocycles. The minimum Gasteiger partial charge on any atom is -0.394 e. The maximum Gasteiger partial charge on any atom is 0.228 e. The summed E-state index contributed by atoms with van der Waals surface area (Å²) in [5.41, 5.74) is 12.9. The van der Waals surface area contributed by atoms with Crippen LogP contribution in [0.4, 0.5) is 5.82 Å². The van der Waals surface area contributed by atoms with Gasteiger partial charge in [0, 0.05) is 24.7 Å². The molecule has 0 saturated heterocycles. The summed E-state index contributed by atoms with van der Waals surface area (Å²) in [6.45, 7) is 14.8. The lowest BCUT2D eigenvalue weighted by atomic mass is 9.81. The van der Waals surface area contributed by atoms with Crippen LogP contribution in [0.2, 0.25) is 0 Å². The number of aliphatic hydroxyl groups is 1. The Hall–Kier alpha value is -3.90. The molecule has 1 amide bonds. The van der Waals surface area contributed by atoms with Crippen molar-refractivity contribution in [2.24, 2.45) is 16.8 Å². The first-order valence-electron chi connectivity index (χ1n) is 16.5. The van der Waals surface area contributed by atoms with Gasteiger partial charge in [-0.25, -0.2) is 0 Å². The zero-order valence-corrected chi connectivity index (χ0v) is 28.8. The molecule has 1 aliphatic rings. The highest BCUT2D eigenvalue weighted by Gasteiger charge is 2.30. The van der Waals surface area contributed by atoms with E-state index < -0.39 is 6.04 Å². The fourth-order valence-corrected chi connectivity index (χ4v) is 5.48. The molecule has 1 aromatic heterocycles. The number of carbonyl (C=O) groups excluding carboxylic acids is 1. The molecule has 0 radical (unpaired) electrons. The molecule has 0 bridgehead atoms. The van der Waals surface area contributed by atoms with Crippen molar-refractivity contribution in [3.8, 4) is 0 Å². The summed E-state index contributed by atoms with van der Waals surface area (Å²) in [5, 5.41) is 14.4. The fourth-order valence-electron chi connectivity index (χ4n) is 5.48. The fraction of sp³-hybridized carbons (Fsp3) is 0.436. The van der Waals surface area contributed by atoms with Crippen LogP contribution in [0, 0.1) is 18.8 Å². The third-order valence-corrected chi connectivity index (χ3v) is 8.04. The minimum absolute atomic E-state index is 0.0219. The van der Waals surface area contributed by atoms with Gasteiger partial charge in [0.05, 0.1) is 24.1 Å². The molecule has 1 aliphatic carbocycles. The number of aliphatic hydroxyl groups excluding tert-OH is 1. The number of fused-ring (bicyclic) bond motifs is 1. The van der Waals surface area contributed by atoms with Gasteiger partial charge in [-0.05, 0) is 62.8 Å². The van der Waals surface area contributed by atoms with Crippen LogP contribution in [0.1, 0.15) is 84.4 Å². The standard InChI is InChI=1S/C33H41N3O2.C4H9N.C2H6/c1-4-5-11-24(3)32(33(38)35-29(22-37)27-15-8-10-23(2)19-27)26-14-9-12-25(17-18-26)21-36-30-16-7-6-13-28(30)20-31(36)34;1-4(2)5-3;1-2/h6-10,12-13,15-20,24,29,32,37H,4-5,11,14,21-22,34H2,1-3H3,(H,35,38);1-3H3;1-2H3/t24?,29-,32?;;/m0../s1. The van der Waals surface area contributed by atoms with Gasteiger partial charge < -0.3 is 20.7 Å². The number of aromatic nitrogens is 1. The van der Waals surface area contributed by atoms with Crippen molar-refractivity contribution >= 4 is 28.3 Å². The summed E-state index contributed by atoms with van der Waals surface area (Å²) in [6, 6.07) is 17.8. The molecular weight excluding hydrogens is 556 g/mol. The lowest BCUT2D eigenvalue weighted by Gasteiger charge is -2.28. The number of aryl methyl sites for hydroxylation is 1. The predicted octanol–water partition coefficient (Wildman–Crippen LogP) is 8.76. The van der Waals surface area contributed by atoms with E-state index in [4.69, 9.17) is 5.73 Å². The smallest absolute Gasteiger partial charge is 0.228 e. The van der Waals surface area contributed by atoms with Gasteiger partial charge in [0.1, 0.15) is 5.82 Å². The van der Waals surface area contributed by atoms with Gasteiger partial charge in [0.15, 0.2) is 0 Å². The molecule has 0 fully saturated rings. The zero-order valence-electron chi connectivity index (χ0n) is 28.8. The molecule has 244 valence electrons. The highest BCUT2D eigenvalue weighted by molar-refractivity contribution is 5.85. The van der Waals surface area contributed by atoms with Crippen LogP contribution in [0.3, 0.4) is 0 Å². The molecule has 0 aliphatic heterocycles. The second kappa shape index (κ2) is 19.5. The number of para-hydroxylation sites is 1. The first kappa shape index (κ1) is 37.3. The van der Waals surface area contributed by atoms with Crippen molar-refractivity contribution < 1.29 is 9.90 Å². The molecule has 3 atom stereocenters. The van der Waals surface area contributed by atoms with Gasteiger partial charge in [-0.1, -0.05) is 118 Å². The van der Waals surface area contributed by atoms with Crippen LogP contribution in [0.5, 0.6) is 0 Å². The number of aliphatic imine (C=N–C) groups is 1. The summed E-state index contributed by atoms with van der Waals surface area (Å²) in [7, 11) is 1.79. The second-order valence-electron chi connectivity index (χ2n) is 11.7. The highest BCUT2D eigenvalue weighted by Crippen LogP contribution is 2.31. The monoisotopic (exact) mass is 612 g/mol. The van der Waals surface area contributed by atoms with E-state index >= 15 is 0 Å². The normalized spacial score (nSPS) is 14.3. The largest absolute Gasteiger partial charge is 0.394 e. The molecule has 0 spiro atoms. The molecule has 45 heavy (non-hydrogen) atoms. The number of anilines is 1. The van der Waals surface area contributed by atoms with Crippen LogP contribution in [0.25, 0.3) is 10.9 Å². The van der Waals surface area contributed by atoms with E-state index in [1.54, 1.807) is 7.05 Å². The number of nitrogens with two attached hydrogens (primary N) is 1. The van der Waals surface area contributed by atoms with Crippen LogP contribution in [-0.2, 0) is 11.3 Å². The maximum absolute atomic E-state index is 13.8. The summed E-state index contributed by atoms with van der Waals surface area (Å²) in [5.74, 6) is 0.639. The predicted molar refractivity (Wildman–Crippen MR) is 194 cm³/mol. The molecule has 3 aromatic rings. The third-order valence-electron chi connectivity index (χ3n) is 8.04. The maximum atomic E-state index is 13.8. The van der Waals surface area contributed by atoms with Gasteiger partial charge in [0.25, 0.3) is 0 Å². The SMILES string of the molecule is CC.CCCCC(C)C(C(=O)N[C@@H](CO)c1cccc(C)c1)C1=CC=C(Cn2c(N)cc3ccccc32)C=CC1.CN=C(C)C. The number of rotatable bonds is 11. The average Bonchev–Trinajstić information content (AvgIpc) is 3.19. The first-order chi connectivity index (χ1) is 21.7. The Kier molecular flexibility index (Phi) is 16.1. The van der Waals surface area contributed by atoms with Crippen molar-refractivity contribution in [2.75, 3.05) is 19.4 Å². The van der Waals surface area contributed by atoms with E-state index in [1.807, 2.05) is 77.1 Å². The summed E-state index contributed by atoms with van der Waals surface area (Å²) < 4.78 is 2.13. The van der Waals surface area contributed by atoms with Crippen molar-refractivity contribution in [1.82, 2.24) is 9.88 Å². The molecular formula is C39H56N4O2. The molecule has 4 N–H and O–H groups in total. The Morgan fingerprint density at radius 1 is 1.09 bits per heavy atom. The Balaban J connectivity index is 0.000000917. The Morgan fingerprint density at radius 2 is 1.80 bits per heavy atom. The number of nitrogen functional groups attached to an aromatic ring is 1. The minimum atomic E-state index is -0.429. The summed E-state index contributed by atoms with van der Waals surface area (Å²) in [6.07, 6.45) is 12.4. The van der Waals surface area contributed by atoms with Crippen molar-refractivity contribution in [1.29, 1.82) is 0 Å². The molecule has 0 saturated carbocycles. The quantitative estimate of drug-likeness (QED) is 0.189. The summed E-state index contributed by atoms with van der Waals surface area (Å²) in [4.78, 5) is 17.6. The number of amides is 1. The van der Waals surface area contributed by atoms with Gasteiger partial charge in [0.2, 0.25) is 5.91 Å². The number of hydrogen-bond acceptors (Lipinski definition) is 4. The lowest BCUT2D eigenvalue weighted by molar-refractivity contribution is -0.126. The number of benzene rings is 2. The van der Waals surface area contributed by atoms with Crippen molar-refractivity contribution in [2.45, 2.75) is 86.7 Å². The third kappa shape index (κ3) is 11.2.